The van der Waals surface area contributed by atoms with Crippen LogP contribution in [0.3, 0.4) is 0 Å². The highest BCUT2D eigenvalue weighted by Crippen LogP contribution is 2.10. The third-order valence-corrected chi connectivity index (χ3v) is 2.78. The molecule has 1 heterocycles. The first kappa shape index (κ1) is 11.5. The third-order valence-electron chi connectivity index (χ3n) is 2.78. The summed E-state index contributed by atoms with van der Waals surface area (Å²) in [5, 5.41) is 6.33. The second-order valence-electron chi connectivity index (χ2n) is 4.24. The van der Waals surface area contributed by atoms with Crippen molar-refractivity contribution in [2.24, 2.45) is 5.92 Å². The normalized spacial score (nSPS) is 24.3. The van der Waals surface area contributed by atoms with Gasteiger partial charge in [-0.1, -0.05) is 13.3 Å². The van der Waals surface area contributed by atoms with E-state index >= 15 is 0 Å². The molecule has 0 aromatic heterocycles. The second-order valence-corrected chi connectivity index (χ2v) is 4.24. The van der Waals surface area contributed by atoms with Gasteiger partial charge in [-0.15, -0.1) is 0 Å². The van der Waals surface area contributed by atoms with Crippen molar-refractivity contribution < 1.29 is 4.79 Å². The first-order chi connectivity index (χ1) is 6.74. The van der Waals surface area contributed by atoms with Crippen molar-refractivity contribution >= 4 is 5.91 Å². The van der Waals surface area contributed by atoms with Crippen LogP contribution in [0, 0.1) is 5.92 Å². The van der Waals surface area contributed by atoms with Gasteiger partial charge in [-0.25, -0.2) is 0 Å². The summed E-state index contributed by atoms with van der Waals surface area (Å²) in [4.78, 5) is 11.7. The van der Waals surface area contributed by atoms with Crippen LogP contribution in [-0.4, -0.2) is 25.0 Å². The van der Waals surface area contributed by atoms with Crippen LogP contribution in [0.15, 0.2) is 0 Å². The van der Waals surface area contributed by atoms with Crippen LogP contribution < -0.4 is 10.6 Å². The summed E-state index contributed by atoms with van der Waals surface area (Å²) in [6, 6.07) is 0.328. The fraction of sp³-hybridized carbons (Fsp3) is 0.909. The third kappa shape index (κ3) is 3.66. The molecule has 1 aliphatic heterocycles. The maximum Gasteiger partial charge on any atom is 0.224 e. The Labute approximate surface area is 86.6 Å². The van der Waals surface area contributed by atoms with Crippen molar-refractivity contribution in [1.29, 1.82) is 0 Å². The zero-order valence-electron chi connectivity index (χ0n) is 9.31. The lowest BCUT2D eigenvalue weighted by Crippen LogP contribution is -2.43. The topological polar surface area (TPSA) is 41.1 Å². The highest BCUT2D eigenvalue weighted by molar-refractivity contribution is 5.79. The van der Waals surface area contributed by atoms with Gasteiger partial charge in [0.05, 0.1) is 5.92 Å². The van der Waals surface area contributed by atoms with Crippen LogP contribution in [0.2, 0.25) is 0 Å². The summed E-state index contributed by atoms with van der Waals surface area (Å²) in [6.07, 6.45) is 4.37. The van der Waals surface area contributed by atoms with E-state index < -0.39 is 0 Å². The van der Waals surface area contributed by atoms with E-state index in [9.17, 15) is 4.79 Å². The molecule has 0 aliphatic carbocycles. The molecule has 0 spiro atoms. The number of hydrogen-bond acceptors (Lipinski definition) is 2. The standard InChI is InChI=1S/C11H22N2O/c1-3-5-9(2)13-11(14)10-6-4-7-12-8-10/h9-10,12H,3-8H2,1-2H3,(H,13,14)/t9-,10-/m0/s1. The molecule has 82 valence electrons. The summed E-state index contributed by atoms with van der Waals surface area (Å²) >= 11 is 0. The molecule has 0 aromatic rings. The smallest absolute Gasteiger partial charge is 0.224 e. The SMILES string of the molecule is CCC[C@H](C)NC(=O)[C@H]1CCCNC1. The summed E-state index contributed by atoms with van der Waals surface area (Å²) in [5.41, 5.74) is 0. The number of carbonyl (C=O) groups excluding carboxylic acids is 1. The van der Waals surface area contributed by atoms with Crippen LogP contribution in [0.5, 0.6) is 0 Å². The number of carbonyl (C=O) groups is 1. The van der Waals surface area contributed by atoms with Crippen molar-refractivity contribution in [3.8, 4) is 0 Å². The molecule has 2 atom stereocenters. The second kappa shape index (κ2) is 6.02. The summed E-state index contributed by atoms with van der Waals surface area (Å²) < 4.78 is 0. The van der Waals surface area contributed by atoms with Gasteiger partial charge >= 0.3 is 0 Å². The van der Waals surface area contributed by atoms with Crippen molar-refractivity contribution in [3.63, 3.8) is 0 Å². The maximum absolute atomic E-state index is 11.7. The van der Waals surface area contributed by atoms with E-state index in [1.807, 2.05) is 0 Å². The average Bonchev–Trinajstić information content (AvgIpc) is 2.19. The number of piperidine rings is 1. The van der Waals surface area contributed by atoms with Gasteiger partial charge in [0.25, 0.3) is 0 Å². The van der Waals surface area contributed by atoms with E-state index in [1.54, 1.807) is 0 Å². The quantitative estimate of drug-likeness (QED) is 0.714. The van der Waals surface area contributed by atoms with Crippen LogP contribution in [0.25, 0.3) is 0 Å². The van der Waals surface area contributed by atoms with Crippen molar-refractivity contribution in [2.75, 3.05) is 13.1 Å². The molecule has 2 N–H and O–H groups in total. The van der Waals surface area contributed by atoms with E-state index in [2.05, 4.69) is 24.5 Å². The highest BCUT2D eigenvalue weighted by atomic mass is 16.1. The van der Waals surface area contributed by atoms with Crippen LogP contribution >= 0.6 is 0 Å². The van der Waals surface area contributed by atoms with E-state index in [1.165, 1.54) is 0 Å². The zero-order valence-corrected chi connectivity index (χ0v) is 9.31. The van der Waals surface area contributed by atoms with Crippen LogP contribution in [0.4, 0.5) is 0 Å². The predicted molar refractivity (Wildman–Crippen MR) is 58.1 cm³/mol. The van der Waals surface area contributed by atoms with Crippen molar-refractivity contribution in [1.82, 2.24) is 10.6 Å². The Kier molecular flexibility index (Phi) is 4.94. The van der Waals surface area contributed by atoms with E-state index in [0.29, 0.717) is 6.04 Å². The molecular weight excluding hydrogens is 176 g/mol. The van der Waals surface area contributed by atoms with Crippen LogP contribution in [0.1, 0.15) is 39.5 Å². The zero-order chi connectivity index (χ0) is 10.4. The molecule has 1 fully saturated rings. The number of amides is 1. The van der Waals surface area contributed by atoms with Gasteiger partial charge in [-0.2, -0.15) is 0 Å². The van der Waals surface area contributed by atoms with Crippen molar-refractivity contribution in [2.45, 2.75) is 45.6 Å². The lowest BCUT2D eigenvalue weighted by molar-refractivity contribution is -0.126. The minimum atomic E-state index is 0.197. The molecule has 0 aromatic carbocycles. The average molecular weight is 198 g/mol. The number of nitrogens with one attached hydrogen (secondary N) is 2. The Balaban J connectivity index is 2.25. The Morgan fingerprint density at radius 3 is 3.00 bits per heavy atom. The minimum Gasteiger partial charge on any atom is -0.353 e. The maximum atomic E-state index is 11.7. The Bertz CT molecular complexity index is 176. The molecule has 14 heavy (non-hydrogen) atoms. The number of hydrogen-bond donors (Lipinski definition) is 2. The van der Waals surface area contributed by atoms with Gasteiger partial charge in [0.15, 0.2) is 0 Å². The van der Waals surface area contributed by atoms with Gasteiger partial charge in [-0.3, -0.25) is 4.79 Å². The first-order valence-electron chi connectivity index (χ1n) is 5.75. The molecule has 1 aliphatic rings. The molecule has 1 saturated heterocycles. The lowest BCUT2D eigenvalue weighted by atomic mass is 9.98. The molecule has 1 amide bonds. The van der Waals surface area contributed by atoms with Crippen molar-refractivity contribution in [3.05, 3.63) is 0 Å². The molecule has 1 rings (SSSR count). The molecule has 0 radical (unpaired) electrons. The van der Waals surface area contributed by atoms with Gasteiger partial charge in [0.2, 0.25) is 5.91 Å². The molecule has 0 bridgehead atoms. The molecule has 3 nitrogen and oxygen atoms in total. The fourth-order valence-corrected chi connectivity index (χ4v) is 1.94. The molecule has 0 unspecified atom stereocenters. The fourth-order valence-electron chi connectivity index (χ4n) is 1.94. The molecular formula is C11H22N2O. The summed E-state index contributed by atoms with van der Waals surface area (Å²) in [5.74, 6) is 0.432. The van der Waals surface area contributed by atoms with Gasteiger partial charge in [-0.05, 0) is 32.7 Å². The largest absolute Gasteiger partial charge is 0.353 e. The van der Waals surface area contributed by atoms with E-state index in [4.69, 9.17) is 0 Å². The monoisotopic (exact) mass is 198 g/mol. The van der Waals surface area contributed by atoms with Gasteiger partial charge < -0.3 is 10.6 Å². The first-order valence-corrected chi connectivity index (χ1v) is 5.75. The highest BCUT2D eigenvalue weighted by Gasteiger charge is 2.21. The minimum absolute atomic E-state index is 0.197. The van der Waals surface area contributed by atoms with Gasteiger partial charge in [0, 0.05) is 12.6 Å². The summed E-state index contributed by atoms with van der Waals surface area (Å²) in [7, 11) is 0. The molecule has 0 saturated carbocycles. The van der Waals surface area contributed by atoms with Gasteiger partial charge in [0.1, 0.15) is 0 Å². The lowest BCUT2D eigenvalue weighted by Gasteiger charge is -2.23. The molecule has 3 heteroatoms. The van der Waals surface area contributed by atoms with E-state index in [-0.39, 0.29) is 11.8 Å². The Hall–Kier alpha value is -0.570. The van der Waals surface area contributed by atoms with Crippen LogP contribution in [-0.2, 0) is 4.79 Å². The Morgan fingerprint density at radius 2 is 2.43 bits per heavy atom. The Morgan fingerprint density at radius 1 is 1.64 bits per heavy atom. The van der Waals surface area contributed by atoms with E-state index in [0.717, 1.165) is 38.8 Å². The number of rotatable bonds is 4. The predicted octanol–water partition coefficient (Wildman–Crippen LogP) is 1.29. The summed E-state index contributed by atoms with van der Waals surface area (Å²) in [6.45, 7) is 6.14.